The second-order valence-electron chi connectivity index (χ2n) is 5.44. The second kappa shape index (κ2) is 7.76. The van der Waals surface area contributed by atoms with Crippen molar-refractivity contribution >= 4 is 35.0 Å². The van der Waals surface area contributed by atoms with E-state index in [4.69, 9.17) is 17.4 Å². The van der Waals surface area contributed by atoms with Gasteiger partial charge in [-0.3, -0.25) is 4.79 Å². The molecule has 0 radical (unpaired) electrons. The molecule has 3 N–H and O–H groups in total. The van der Waals surface area contributed by atoms with Gasteiger partial charge >= 0.3 is 0 Å². The number of benzene rings is 2. The summed E-state index contributed by atoms with van der Waals surface area (Å²) < 4.78 is 14.6. The van der Waals surface area contributed by atoms with Crippen LogP contribution in [0, 0.1) is 5.82 Å². The zero-order chi connectivity index (χ0) is 18.7. The predicted molar refractivity (Wildman–Crippen MR) is 101 cm³/mol. The lowest BCUT2D eigenvalue weighted by Crippen LogP contribution is -2.23. The maximum absolute atomic E-state index is 13.4. The van der Waals surface area contributed by atoms with Crippen LogP contribution in [0.3, 0.4) is 0 Å². The quantitative estimate of drug-likeness (QED) is 0.513. The third-order valence-electron chi connectivity index (χ3n) is 3.51. The Hall–Kier alpha value is -2.58. The van der Waals surface area contributed by atoms with Gasteiger partial charge in [-0.2, -0.15) is 0 Å². The molecule has 0 aliphatic heterocycles. The Morgan fingerprint density at radius 2 is 2.00 bits per heavy atom. The highest BCUT2D eigenvalue weighted by atomic mass is 35.5. The van der Waals surface area contributed by atoms with Crippen molar-refractivity contribution < 1.29 is 9.18 Å². The van der Waals surface area contributed by atoms with Crippen LogP contribution in [0.25, 0.3) is 11.4 Å². The van der Waals surface area contributed by atoms with E-state index in [-0.39, 0.29) is 5.91 Å². The van der Waals surface area contributed by atoms with Gasteiger partial charge < -0.3 is 11.2 Å². The van der Waals surface area contributed by atoms with Crippen molar-refractivity contribution in [2.75, 3.05) is 11.2 Å². The normalized spacial score (nSPS) is 12.0. The minimum Gasteiger partial charge on any atom is -0.335 e. The van der Waals surface area contributed by atoms with Gasteiger partial charge in [0.1, 0.15) is 5.82 Å². The van der Waals surface area contributed by atoms with Crippen molar-refractivity contribution in [2.24, 2.45) is 0 Å². The summed E-state index contributed by atoms with van der Waals surface area (Å²) in [4.78, 5) is 12.3. The molecule has 3 rings (SSSR count). The first-order valence-corrected chi connectivity index (χ1v) is 8.89. The first-order valence-electron chi connectivity index (χ1n) is 7.63. The first kappa shape index (κ1) is 18.2. The lowest BCUT2D eigenvalue weighted by atomic mass is 10.2. The van der Waals surface area contributed by atoms with Crippen LogP contribution in [0.1, 0.15) is 6.92 Å². The maximum Gasteiger partial charge on any atom is 0.237 e. The number of rotatable bonds is 5. The Morgan fingerprint density at radius 3 is 2.69 bits per heavy atom. The van der Waals surface area contributed by atoms with Gasteiger partial charge in [0.25, 0.3) is 0 Å². The van der Waals surface area contributed by atoms with Crippen molar-refractivity contribution in [2.45, 2.75) is 17.3 Å². The molecule has 1 amide bonds. The Morgan fingerprint density at radius 1 is 1.27 bits per heavy atom. The molecule has 6 nitrogen and oxygen atoms in total. The number of aromatic nitrogens is 3. The second-order valence-corrected chi connectivity index (χ2v) is 7.19. The van der Waals surface area contributed by atoms with Crippen LogP contribution in [-0.2, 0) is 4.79 Å². The largest absolute Gasteiger partial charge is 0.335 e. The Labute approximate surface area is 158 Å². The van der Waals surface area contributed by atoms with Crippen LogP contribution in [0.2, 0.25) is 5.02 Å². The standard InChI is InChI=1S/C17H15ClFN5OS/c1-10(16(25)21-14-7-5-12(18)6-8-14)26-17-23-22-15(24(17)20)11-3-2-4-13(19)9-11/h2-10H,20H2,1H3,(H,21,25)/t10-/m1/s1. The number of halogens is 2. The number of nitrogens with one attached hydrogen (secondary N) is 1. The van der Waals surface area contributed by atoms with Crippen LogP contribution in [-0.4, -0.2) is 26.0 Å². The number of anilines is 1. The molecule has 9 heteroatoms. The molecule has 0 saturated carbocycles. The number of thioether (sulfide) groups is 1. The van der Waals surface area contributed by atoms with Crippen LogP contribution in [0.5, 0.6) is 0 Å². The summed E-state index contributed by atoms with van der Waals surface area (Å²) in [5.41, 5.74) is 1.15. The van der Waals surface area contributed by atoms with Crippen molar-refractivity contribution in [1.29, 1.82) is 0 Å². The summed E-state index contributed by atoms with van der Waals surface area (Å²) in [5.74, 6) is 5.71. The monoisotopic (exact) mass is 391 g/mol. The number of carbonyl (C=O) groups excluding carboxylic acids is 1. The SMILES string of the molecule is C[C@@H](Sc1nnc(-c2cccc(F)c2)n1N)C(=O)Nc1ccc(Cl)cc1. The highest BCUT2D eigenvalue weighted by Gasteiger charge is 2.20. The van der Waals surface area contributed by atoms with Crippen molar-refractivity contribution in [3.8, 4) is 11.4 Å². The summed E-state index contributed by atoms with van der Waals surface area (Å²) >= 11 is 6.98. The lowest BCUT2D eigenvalue weighted by Gasteiger charge is -2.11. The molecule has 0 aliphatic carbocycles. The van der Waals surface area contributed by atoms with E-state index in [2.05, 4.69) is 15.5 Å². The summed E-state index contributed by atoms with van der Waals surface area (Å²) in [6, 6.07) is 12.7. The average Bonchev–Trinajstić information content (AvgIpc) is 2.97. The summed E-state index contributed by atoms with van der Waals surface area (Å²) in [6.45, 7) is 1.73. The molecule has 3 aromatic rings. The van der Waals surface area contributed by atoms with Crippen LogP contribution in [0.4, 0.5) is 10.1 Å². The number of carbonyl (C=O) groups is 1. The molecular weight excluding hydrogens is 377 g/mol. The summed E-state index contributed by atoms with van der Waals surface area (Å²) in [7, 11) is 0. The fourth-order valence-electron chi connectivity index (χ4n) is 2.17. The zero-order valence-electron chi connectivity index (χ0n) is 13.7. The zero-order valence-corrected chi connectivity index (χ0v) is 15.3. The molecule has 26 heavy (non-hydrogen) atoms. The fourth-order valence-corrected chi connectivity index (χ4v) is 3.07. The highest BCUT2D eigenvalue weighted by Crippen LogP contribution is 2.26. The minimum absolute atomic E-state index is 0.215. The molecule has 1 aromatic heterocycles. The lowest BCUT2D eigenvalue weighted by molar-refractivity contribution is -0.115. The van der Waals surface area contributed by atoms with E-state index >= 15 is 0 Å². The van der Waals surface area contributed by atoms with Crippen molar-refractivity contribution in [1.82, 2.24) is 14.9 Å². The third kappa shape index (κ3) is 4.14. The van der Waals surface area contributed by atoms with Gasteiger partial charge in [-0.15, -0.1) is 10.2 Å². The van der Waals surface area contributed by atoms with Gasteiger partial charge in [-0.25, -0.2) is 9.07 Å². The van der Waals surface area contributed by atoms with Crippen LogP contribution >= 0.6 is 23.4 Å². The Balaban J connectivity index is 1.70. The van der Waals surface area contributed by atoms with Gasteiger partial charge in [-0.05, 0) is 43.3 Å². The Bertz CT molecular complexity index is 931. The number of hydrogen-bond donors (Lipinski definition) is 2. The van der Waals surface area contributed by atoms with E-state index in [1.807, 2.05) is 0 Å². The third-order valence-corrected chi connectivity index (χ3v) is 4.82. The summed E-state index contributed by atoms with van der Waals surface area (Å²) in [5, 5.41) is 11.2. The molecule has 1 atom stereocenters. The number of hydrogen-bond acceptors (Lipinski definition) is 5. The van der Waals surface area contributed by atoms with E-state index in [1.165, 1.54) is 16.8 Å². The van der Waals surface area contributed by atoms with Crippen LogP contribution in [0.15, 0.2) is 53.7 Å². The fraction of sp³-hybridized carbons (Fsp3) is 0.118. The van der Waals surface area contributed by atoms with E-state index in [1.54, 1.807) is 43.3 Å². The molecule has 134 valence electrons. The topological polar surface area (TPSA) is 85.8 Å². The first-order chi connectivity index (χ1) is 12.4. The molecule has 2 aromatic carbocycles. The highest BCUT2D eigenvalue weighted by molar-refractivity contribution is 8.00. The van der Waals surface area contributed by atoms with Gasteiger partial charge in [0.05, 0.1) is 5.25 Å². The molecule has 0 bridgehead atoms. The molecular formula is C17H15ClFN5OS. The molecule has 0 spiro atoms. The van der Waals surface area contributed by atoms with Gasteiger partial charge in [0.2, 0.25) is 11.1 Å². The van der Waals surface area contributed by atoms with E-state index in [9.17, 15) is 9.18 Å². The van der Waals surface area contributed by atoms with Crippen LogP contribution < -0.4 is 11.2 Å². The average molecular weight is 392 g/mol. The number of nitrogens with zero attached hydrogens (tertiary/aromatic N) is 3. The van der Waals surface area contributed by atoms with Gasteiger partial charge in [0, 0.05) is 16.3 Å². The minimum atomic E-state index is -0.475. The van der Waals surface area contributed by atoms with E-state index in [0.29, 0.717) is 27.3 Å². The van der Waals surface area contributed by atoms with E-state index < -0.39 is 11.1 Å². The number of nitrogen functional groups attached to an aromatic ring is 1. The molecule has 0 unspecified atom stereocenters. The predicted octanol–water partition coefficient (Wildman–Crippen LogP) is 3.57. The van der Waals surface area contributed by atoms with E-state index in [0.717, 1.165) is 11.8 Å². The maximum atomic E-state index is 13.4. The van der Waals surface area contributed by atoms with Gasteiger partial charge in [-0.1, -0.05) is 35.5 Å². The molecule has 0 saturated heterocycles. The van der Waals surface area contributed by atoms with Gasteiger partial charge in [0.15, 0.2) is 5.82 Å². The molecule has 1 heterocycles. The smallest absolute Gasteiger partial charge is 0.237 e. The van der Waals surface area contributed by atoms with Crippen molar-refractivity contribution in [3.63, 3.8) is 0 Å². The number of amides is 1. The molecule has 0 aliphatic rings. The Kier molecular flexibility index (Phi) is 5.43. The number of nitrogens with two attached hydrogens (primary N) is 1. The van der Waals surface area contributed by atoms with Crippen molar-refractivity contribution in [3.05, 3.63) is 59.4 Å². The molecule has 0 fully saturated rings. The summed E-state index contributed by atoms with van der Waals surface area (Å²) in [6.07, 6.45) is 0.